The summed E-state index contributed by atoms with van der Waals surface area (Å²) in [6, 6.07) is 13.3. The highest BCUT2D eigenvalue weighted by Gasteiger charge is 2.07. The molecule has 0 spiro atoms. The zero-order chi connectivity index (χ0) is 15.5. The van der Waals surface area contributed by atoms with Gasteiger partial charge in [-0.1, -0.05) is 6.07 Å². The topological polar surface area (TPSA) is 51.6 Å². The number of methoxy groups -OCH3 is 2. The van der Waals surface area contributed by atoms with Gasteiger partial charge in [0.15, 0.2) is 11.5 Å². The summed E-state index contributed by atoms with van der Waals surface area (Å²) in [4.78, 5) is 4.40. The molecule has 0 unspecified atom stereocenters. The lowest BCUT2D eigenvalue weighted by Gasteiger charge is -2.09. The van der Waals surface area contributed by atoms with Crippen molar-refractivity contribution in [1.82, 2.24) is 4.98 Å². The van der Waals surface area contributed by atoms with Crippen LogP contribution in [0.3, 0.4) is 0 Å². The largest absolute Gasteiger partial charge is 0.504 e. The van der Waals surface area contributed by atoms with Crippen LogP contribution < -0.4 is 9.47 Å². The number of aromatic nitrogens is 1. The fourth-order valence-corrected chi connectivity index (χ4v) is 2.52. The van der Waals surface area contributed by atoms with Crippen LogP contribution in [0.25, 0.3) is 10.9 Å². The number of ether oxygens (including phenoxy) is 2. The summed E-state index contributed by atoms with van der Waals surface area (Å²) in [5.41, 5.74) is 3.14. The van der Waals surface area contributed by atoms with Gasteiger partial charge in [0, 0.05) is 17.6 Å². The zero-order valence-electron chi connectivity index (χ0n) is 12.5. The molecule has 0 aliphatic carbocycles. The SMILES string of the molecule is COc1ccc2c(Cc3ccc(O)c(OC)c3)ccnc2c1. The molecule has 112 valence electrons. The molecule has 1 aromatic heterocycles. The van der Waals surface area contributed by atoms with Crippen LogP contribution in [0.4, 0.5) is 0 Å². The number of hydrogen-bond donors (Lipinski definition) is 1. The number of phenols is 1. The molecule has 0 saturated heterocycles. The van der Waals surface area contributed by atoms with Crippen LogP contribution in [0.1, 0.15) is 11.1 Å². The van der Waals surface area contributed by atoms with Crippen LogP contribution in [-0.4, -0.2) is 24.3 Å². The van der Waals surface area contributed by atoms with Crippen LogP contribution in [-0.2, 0) is 6.42 Å². The Hall–Kier alpha value is -2.75. The number of benzene rings is 2. The minimum absolute atomic E-state index is 0.149. The number of rotatable bonds is 4. The fourth-order valence-electron chi connectivity index (χ4n) is 2.52. The molecule has 3 rings (SSSR count). The molecular formula is C18H17NO3. The number of phenolic OH excluding ortho intramolecular Hbond substituents is 1. The van der Waals surface area contributed by atoms with E-state index >= 15 is 0 Å². The van der Waals surface area contributed by atoms with E-state index in [9.17, 15) is 5.11 Å². The summed E-state index contributed by atoms with van der Waals surface area (Å²) in [6.45, 7) is 0. The maximum atomic E-state index is 9.68. The molecule has 4 nitrogen and oxygen atoms in total. The highest BCUT2D eigenvalue weighted by atomic mass is 16.5. The Kier molecular flexibility index (Phi) is 3.83. The quantitative estimate of drug-likeness (QED) is 0.799. The lowest BCUT2D eigenvalue weighted by Crippen LogP contribution is -1.93. The molecule has 4 heteroatoms. The molecule has 22 heavy (non-hydrogen) atoms. The van der Waals surface area contributed by atoms with Gasteiger partial charge in [-0.25, -0.2) is 0 Å². The van der Waals surface area contributed by atoms with Gasteiger partial charge in [-0.3, -0.25) is 4.98 Å². The number of aromatic hydroxyl groups is 1. The van der Waals surface area contributed by atoms with E-state index in [0.29, 0.717) is 5.75 Å². The summed E-state index contributed by atoms with van der Waals surface area (Å²) in [7, 11) is 3.20. The van der Waals surface area contributed by atoms with E-state index in [2.05, 4.69) is 4.98 Å². The first-order chi connectivity index (χ1) is 10.7. The Morgan fingerprint density at radius 1 is 1.00 bits per heavy atom. The van der Waals surface area contributed by atoms with Crippen molar-refractivity contribution in [3.05, 3.63) is 59.8 Å². The van der Waals surface area contributed by atoms with Crippen molar-refractivity contribution in [1.29, 1.82) is 0 Å². The third kappa shape index (κ3) is 2.68. The number of nitrogens with zero attached hydrogens (tertiary/aromatic N) is 1. The first kappa shape index (κ1) is 14.2. The van der Waals surface area contributed by atoms with Crippen LogP contribution in [0.15, 0.2) is 48.7 Å². The summed E-state index contributed by atoms with van der Waals surface area (Å²) >= 11 is 0. The van der Waals surface area contributed by atoms with Crippen molar-refractivity contribution in [3.63, 3.8) is 0 Å². The number of hydrogen-bond acceptors (Lipinski definition) is 4. The molecule has 0 bridgehead atoms. The van der Waals surface area contributed by atoms with Gasteiger partial charge in [-0.2, -0.15) is 0 Å². The Morgan fingerprint density at radius 2 is 1.86 bits per heavy atom. The molecule has 0 aliphatic heterocycles. The maximum Gasteiger partial charge on any atom is 0.160 e. The highest BCUT2D eigenvalue weighted by molar-refractivity contribution is 5.83. The average molecular weight is 295 g/mol. The van der Waals surface area contributed by atoms with Crippen molar-refractivity contribution in [2.24, 2.45) is 0 Å². The van der Waals surface area contributed by atoms with Gasteiger partial charge in [0.25, 0.3) is 0 Å². The fraction of sp³-hybridized carbons (Fsp3) is 0.167. The molecule has 1 heterocycles. The first-order valence-corrected chi connectivity index (χ1v) is 6.99. The molecule has 0 amide bonds. The molecule has 0 fully saturated rings. The minimum atomic E-state index is 0.149. The van der Waals surface area contributed by atoms with E-state index in [1.54, 1.807) is 26.5 Å². The third-order valence-corrected chi connectivity index (χ3v) is 3.68. The predicted octanol–water partition coefficient (Wildman–Crippen LogP) is 3.55. The van der Waals surface area contributed by atoms with Crippen LogP contribution in [0.5, 0.6) is 17.2 Å². The van der Waals surface area contributed by atoms with Gasteiger partial charge >= 0.3 is 0 Å². The standard InChI is InChI=1S/C18H17NO3/c1-21-14-4-5-15-13(7-8-19-16(15)11-14)9-12-3-6-17(20)18(10-12)22-2/h3-8,10-11,20H,9H2,1-2H3. The Balaban J connectivity index is 2.00. The van der Waals surface area contributed by atoms with E-state index < -0.39 is 0 Å². The van der Waals surface area contributed by atoms with Crippen LogP contribution >= 0.6 is 0 Å². The first-order valence-electron chi connectivity index (χ1n) is 6.99. The van der Waals surface area contributed by atoms with Gasteiger partial charge in [0.05, 0.1) is 19.7 Å². The van der Waals surface area contributed by atoms with Gasteiger partial charge in [0.2, 0.25) is 0 Å². The molecule has 3 aromatic rings. The van der Waals surface area contributed by atoms with E-state index in [4.69, 9.17) is 9.47 Å². The van der Waals surface area contributed by atoms with Gasteiger partial charge in [0.1, 0.15) is 5.75 Å². The molecule has 1 N–H and O–H groups in total. The van der Waals surface area contributed by atoms with Crippen molar-refractivity contribution < 1.29 is 14.6 Å². The van der Waals surface area contributed by atoms with Crippen LogP contribution in [0, 0.1) is 0 Å². The highest BCUT2D eigenvalue weighted by Crippen LogP contribution is 2.29. The summed E-state index contributed by atoms with van der Waals surface area (Å²) in [5, 5.41) is 10.8. The molecule has 2 aromatic carbocycles. The van der Waals surface area contributed by atoms with Gasteiger partial charge in [-0.05, 0) is 47.9 Å². The van der Waals surface area contributed by atoms with E-state index in [1.807, 2.05) is 36.4 Å². The maximum absolute atomic E-state index is 9.68. The zero-order valence-corrected chi connectivity index (χ0v) is 12.5. The second-order valence-electron chi connectivity index (χ2n) is 5.04. The second kappa shape index (κ2) is 5.93. The van der Waals surface area contributed by atoms with Gasteiger partial charge < -0.3 is 14.6 Å². The molecule has 0 saturated carbocycles. The number of pyridine rings is 1. The van der Waals surface area contributed by atoms with Gasteiger partial charge in [-0.15, -0.1) is 0 Å². The second-order valence-corrected chi connectivity index (χ2v) is 5.04. The minimum Gasteiger partial charge on any atom is -0.504 e. The third-order valence-electron chi connectivity index (χ3n) is 3.68. The number of fused-ring (bicyclic) bond motifs is 1. The Morgan fingerprint density at radius 3 is 2.64 bits per heavy atom. The van der Waals surface area contributed by atoms with Crippen LogP contribution in [0.2, 0.25) is 0 Å². The normalized spacial score (nSPS) is 10.6. The predicted molar refractivity (Wildman–Crippen MR) is 85.8 cm³/mol. The van der Waals surface area contributed by atoms with Crippen molar-refractivity contribution in [3.8, 4) is 17.2 Å². The van der Waals surface area contributed by atoms with E-state index in [-0.39, 0.29) is 5.75 Å². The smallest absolute Gasteiger partial charge is 0.160 e. The van der Waals surface area contributed by atoms with Crippen molar-refractivity contribution >= 4 is 10.9 Å². The molecule has 0 aliphatic rings. The summed E-state index contributed by atoms with van der Waals surface area (Å²) in [5.74, 6) is 1.43. The molecule has 0 atom stereocenters. The van der Waals surface area contributed by atoms with E-state index in [1.165, 1.54) is 5.56 Å². The average Bonchev–Trinajstić information content (AvgIpc) is 2.56. The van der Waals surface area contributed by atoms with Crippen molar-refractivity contribution in [2.45, 2.75) is 6.42 Å². The van der Waals surface area contributed by atoms with E-state index in [0.717, 1.165) is 28.6 Å². The lowest BCUT2D eigenvalue weighted by molar-refractivity contribution is 0.373. The Bertz CT molecular complexity index is 815. The lowest BCUT2D eigenvalue weighted by atomic mass is 10.0. The summed E-state index contributed by atoms with van der Waals surface area (Å²) in [6.07, 6.45) is 2.54. The molecular weight excluding hydrogens is 278 g/mol. The summed E-state index contributed by atoms with van der Waals surface area (Å²) < 4.78 is 10.4. The molecule has 0 radical (unpaired) electrons. The monoisotopic (exact) mass is 295 g/mol. The van der Waals surface area contributed by atoms with Crippen molar-refractivity contribution in [2.75, 3.05) is 14.2 Å². The Labute approximate surface area is 129 Å².